The van der Waals surface area contributed by atoms with Crippen LogP contribution in [-0.2, 0) is 4.74 Å². The number of carbonyl (C=O) groups excluding carboxylic acids is 1. The van der Waals surface area contributed by atoms with E-state index in [9.17, 15) is 4.79 Å². The molecule has 1 saturated heterocycles. The van der Waals surface area contributed by atoms with E-state index in [-0.39, 0.29) is 12.2 Å². The van der Waals surface area contributed by atoms with E-state index in [1.165, 1.54) is 12.8 Å². The Labute approximate surface area is 60.0 Å². The van der Waals surface area contributed by atoms with Crippen molar-refractivity contribution >= 4 is 6.09 Å². The van der Waals surface area contributed by atoms with Crippen LogP contribution in [0.4, 0.5) is 4.79 Å². The van der Waals surface area contributed by atoms with E-state index < -0.39 is 0 Å². The fraction of sp³-hybridized carbons (Fsp3) is 0.857. The van der Waals surface area contributed by atoms with Crippen molar-refractivity contribution in [2.75, 3.05) is 6.54 Å². The van der Waals surface area contributed by atoms with Gasteiger partial charge in [-0.15, -0.1) is 0 Å². The molecule has 1 saturated carbocycles. The minimum absolute atomic E-state index is 0.105. The van der Waals surface area contributed by atoms with Crippen molar-refractivity contribution in [3.05, 3.63) is 0 Å². The molecule has 0 aromatic heterocycles. The van der Waals surface area contributed by atoms with E-state index in [2.05, 4.69) is 0 Å². The van der Waals surface area contributed by atoms with Crippen LogP contribution in [0.5, 0.6) is 0 Å². The third-order valence-electron chi connectivity index (χ3n) is 1.98. The predicted octanol–water partition coefficient (Wildman–Crippen LogP) is 0.990. The minimum atomic E-state index is -0.116. The first kappa shape index (κ1) is 6.01. The summed E-state index contributed by atoms with van der Waals surface area (Å²) >= 11 is 0. The second-order valence-electron chi connectivity index (χ2n) is 3.08. The van der Waals surface area contributed by atoms with Crippen molar-refractivity contribution in [1.29, 1.82) is 0 Å². The molecule has 2 fully saturated rings. The number of rotatable bonds is 1. The Morgan fingerprint density at radius 1 is 1.60 bits per heavy atom. The van der Waals surface area contributed by atoms with Gasteiger partial charge in [0.25, 0.3) is 0 Å². The van der Waals surface area contributed by atoms with Crippen LogP contribution in [0, 0.1) is 0 Å². The molecule has 0 unspecified atom stereocenters. The molecule has 0 aromatic rings. The van der Waals surface area contributed by atoms with Crippen LogP contribution in [0.25, 0.3) is 0 Å². The zero-order valence-corrected chi connectivity index (χ0v) is 6.04. The van der Waals surface area contributed by atoms with E-state index in [1.807, 2.05) is 11.8 Å². The smallest absolute Gasteiger partial charge is 0.410 e. The van der Waals surface area contributed by atoms with E-state index in [0.29, 0.717) is 6.04 Å². The predicted molar refractivity (Wildman–Crippen MR) is 35.7 cm³/mol. The zero-order chi connectivity index (χ0) is 7.14. The van der Waals surface area contributed by atoms with Crippen LogP contribution < -0.4 is 0 Å². The molecule has 0 bridgehead atoms. The summed E-state index contributed by atoms with van der Waals surface area (Å²) < 4.78 is 4.96. The first-order chi connectivity index (χ1) is 4.77. The van der Waals surface area contributed by atoms with Crippen molar-refractivity contribution < 1.29 is 9.53 Å². The highest BCUT2D eigenvalue weighted by atomic mass is 16.6. The lowest BCUT2D eigenvalue weighted by molar-refractivity contribution is 0.137. The second-order valence-corrected chi connectivity index (χ2v) is 3.08. The molecule has 3 nitrogen and oxygen atoms in total. The highest BCUT2D eigenvalue weighted by Gasteiger charge is 2.39. The number of hydrogen-bond acceptors (Lipinski definition) is 2. The lowest BCUT2D eigenvalue weighted by Crippen LogP contribution is -2.26. The van der Waals surface area contributed by atoms with E-state index in [0.717, 1.165) is 6.54 Å². The van der Waals surface area contributed by atoms with Crippen LogP contribution in [0.3, 0.4) is 0 Å². The molecule has 3 heteroatoms. The summed E-state index contributed by atoms with van der Waals surface area (Å²) in [7, 11) is 0. The van der Waals surface area contributed by atoms with Crippen LogP contribution in [0.15, 0.2) is 0 Å². The molecular weight excluding hydrogens is 130 g/mol. The van der Waals surface area contributed by atoms with Crippen LogP contribution in [0.1, 0.15) is 19.8 Å². The van der Waals surface area contributed by atoms with Crippen molar-refractivity contribution in [3.8, 4) is 0 Å². The molecule has 1 heterocycles. The molecule has 1 atom stereocenters. The topological polar surface area (TPSA) is 29.5 Å². The monoisotopic (exact) mass is 141 g/mol. The van der Waals surface area contributed by atoms with Crippen molar-refractivity contribution in [3.63, 3.8) is 0 Å². The Balaban J connectivity index is 2.01. The maximum Gasteiger partial charge on any atom is 0.410 e. The normalized spacial score (nSPS) is 32.7. The molecule has 10 heavy (non-hydrogen) atoms. The van der Waals surface area contributed by atoms with E-state index in [1.54, 1.807) is 0 Å². The van der Waals surface area contributed by atoms with Gasteiger partial charge in [-0.3, -0.25) is 0 Å². The van der Waals surface area contributed by atoms with Crippen LogP contribution >= 0.6 is 0 Å². The lowest BCUT2D eigenvalue weighted by atomic mass is 10.4. The zero-order valence-electron chi connectivity index (χ0n) is 6.04. The minimum Gasteiger partial charge on any atom is -0.444 e. The van der Waals surface area contributed by atoms with Gasteiger partial charge >= 0.3 is 6.09 Å². The lowest BCUT2D eigenvalue weighted by Gasteiger charge is -2.09. The summed E-state index contributed by atoms with van der Waals surface area (Å²) in [4.78, 5) is 12.8. The number of ether oxygens (including phenoxy) is 1. The van der Waals surface area contributed by atoms with Crippen LogP contribution in [-0.4, -0.2) is 29.7 Å². The Hall–Kier alpha value is -0.730. The number of amides is 1. The molecule has 0 N–H and O–H groups in total. The summed E-state index contributed by atoms with van der Waals surface area (Å²) in [6, 6.07) is 0.512. The van der Waals surface area contributed by atoms with Gasteiger partial charge in [0.05, 0.1) is 6.54 Å². The molecule has 0 spiro atoms. The summed E-state index contributed by atoms with van der Waals surface area (Å²) in [6.07, 6.45) is 2.33. The molecule has 2 aliphatic rings. The highest BCUT2D eigenvalue weighted by molar-refractivity contribution is 5.70. The van der Waals surface area contributed by atoms with Gasteiger partial charge in [0.2, 0.25) is 0 Å². The maximum atomic E-state index is 11.0. The summed E-state index contributed by atoms with van der Waals surface area (Å²) in [5, 5.41) is 0. The summed E-state index contributed by atoms with van der Waals surface area (Å²) in [5.41, 5.74) is 0. The van der Waals surface area contributed by atoms with E-state index in [4.69, 9.17) is 4.74 Å². The van der Waals surface area contributed by atoms with Gasteiger partial charge in [-0.05, 0) is 19.8 Å². The van der Waals surface area contributed by atoms with Crippen molar-refractivity contribution in [2.24, 2.45) is 0 Å². The second kappa shape index (κ2) is 1.87. The van der Waals surface area contributed by atoms with Gasteiger partial charge in [-0.25, -0.2) is 4.79 Å². The maximum absolute atomic E-state index is 11.0. The van der Waals surface area contributed by atoms with E-state index >= 15 is 0 Å². The molecule has 1 aliphatic carbocycles. The number of carbonyl (C=O) groups is 1. The first-order valence-corrected chi connectivity index (χ1v) is 3.74. The first-order valence-electron chi connectivity index (χ1n) is 3.74. The van der Waals surface area contributed by atoms with Crippen molar-refractivity contribution in [1.82, 2.24) is 4.90 Å². The fourth-order valence-electron chi connectivity index (χ4n) is 1.31. The molecule has 2 rings (SSSR count). The molecule has 0 radical (unpaired) electrons. The fourth-order valence-corrected chi connectivity index (χ4v) is 1.31. The van der Waals surface area contributed by atoms with Crippen LogP contribution in [0.2, 0.25) is 0 Å². The number of hydrogen-bond donors (Lipinski definition) is 0. The van der Waals surface area contributed by atoms with Gasteiger partial charge < -0.3 is 9.64 Å². The summed E-state index contributed by atoms with van der Waals surface area (Å²) in [5.74, 6) is 0. The van der Waals surface area contributed by atoms with Gasteiger partial charge in [-0.2, -0.15) is 0 Å². The number of nitrogens with zero attached hydrogens (tertiary/aromatic N) is 1. The quantitative estimate of drug-likeness (QED) is 0.545. The molecule has 56 valence electrons. The van der Waals surface area contributed by atoms with Gasteiger partial charge in [0.1, 0.15) is 6.10 Å². The van der Waals surface area contributed by atoms with Gasteiger partial charge in [-0.1, -0.05) is 0 Å². The Kier molecular flexibility index (Phi) is 1.13. The molecule has 0 aromatic carbocycles. The largest absolute Gasteiger partial charge is 0.444 e. The molecule has 1 amide bonds. The summed E-state index contributed by atoms with van der Waals surface area (Å²) in [6.45, 7) is 2.73. The molecular formula is C7H11NO2. The highest BCUT2D eigenvalue weighted by Crippen LogP contribution is 2.30. The molecule has 1 aliphatic heterocycles. The third kappa shape index (κ3) is 0.856. The Bertz CT molecular complexity index is 165. The van der Waals surface area contributed by atoms with Gasteiger partial charge in [0, 0.05) is 6.04 Å². The standard InChI is InChI=1S/C7H11NO2/c1-5-4-8(6-2-3-6)7(9)10-5/h5-6H,2-4H2,1H3/t5-/m0/s1. The Morgan fingerprint density at radius 2 is 2.30 bits per heavy atom. The average Bonchev–Trinajstić information content (AvgIpc) is 2.61. The third-order valence-corrected chi connectivity index (χ3v) is 1.98. The SMILES string of the molecule is C[C@H]1CN(C2CC2)C(=O)O1. The average molecular weight is 141 g/mol. The van der Waals surface area contributed by atoms with Crippen molar-refractivity contribution in [2.45, 2.75) is 31.9 Å². The van der Waals surface area contributed by atoms with Gasteiger partial charge in [0.15, 0.2) is 0 Å². The number of cyclic esters (lactones) is 1. The Morgan fingerprint density at radius 3 is 2.70 bits per heavy atom.